The molecule has 8 nitrogen and oxygen atoms in total. The quantitative estimate of drug-likeness (QED) is 0.302. The first-order valence-electron chi connectivity index (χ1n) is 12.1. The highest BCUT2D eigenvalue weighted by Gasteiger charge is 2.23. The number of primary amides is 1. The van der Waals surface area contributed by atoms with Crippen LogP contribution in [0, 0.1) is 0 Å². The van der Waals surface area contributed by atoms with Crippen molar-refractivity contribution < 1.29 is 24.3 Å². The van der Waals surface area contributed by atoms with Crippen LogP contribution in [0.1, 0.15) is 31.7 Å². The van der Waals surface area contributed by atoms with Crippen LogP contribution in [-0.2, 0) is 25.6 Å². The summed E-state index contributed by atoms with van der Waals surface area (Å²) in [6.45, 7) is 1.49. The zero-order chi connectivity index (χ0) is 26.8. The average Bonchev–Trinajstić information content (AvgIpc) is 2.90. The van der Waals surface area contributed by atoms with E-state index in [1.165, 1.54) is 12.5 Å². The van der Waals surface area contributed by atoms with E-state index in [9.17, 15) is 19.2 Å². The van der Waals surface area contributed by atoms with Crippen molar-refractivity contribution in [3.63, 3.8) is 0 Å². The van der Waals surface area contributed by atoms with Crippen LogP contribution in [-0.4, -0.2) is 40.9 Å². The Hall–Kier alpha value is -4.46. The summed E-state index contributed by atoms with van der Waals surface area (Å²) in [6, 6.07) is 24.5. The van der Waals surface area contributed by atoms with Crippen molar-refractivity contribution in [2.45, 2.75) is 44.7 Å². The van der Waals surface area contributed by atoms with E-state index in [1.54, 1.807) is 0 Å². The number of carboxylic acid groups (broad SMARTS) is 1. The number of carboxylic acids is 1. The standard InChI is InChI=1S/C29H31N3O5/c1-19(29(37)32-25(28(30)36)16-18-27(34)35)31-26(33)17-9-20-7-10-22(11-8-20)24-14-12-23(13-15-24)21-5-3-2-4-6-21/h2-8,10-15,19,25H,9,16-18H2,1H3,(H2,30,36)(H,31,33)(H,32,37)(H,34,35). The van der Waals surface area contributed by atoms with Crippen molar-refractivity contribution in [3.8, 4) is 22.3 Å². The molecule has 0 saturated carbocycles. The number of nitrogens with one attached hydrogen (secondary N) is 2. The smallest absolute Gasteiger partial charge is 0.303 e. The largest absolute Gasteiger partial charge is 0.481 e. The minimum atomic E-state index is -1.11. The second kappa shape index (κ2) is 13.0. The molecule has 5 N–H and O–H groups in total. The van der Waals surface area contributed by atoms with Crippen LogP contribution in [0.2, 0.25) is 0 Å². The molecule has 0 aliphatic heterocycles. The highest BCUT2D eigenvalue weighted by Crippen LogP contribution is 2.25. The van der Waals surface area contributed by atoms with Gasteiger partial charge in [-0.1, -0.05) is 78.9 Å². The molecule has 8 heteroatoms. The summed E-state index contributed by atoms with van der Waals surface area (Å²) in [6.07, 6.45) is 0.244. The number of aliphatic carboxylic acids is 1. The van der Waals surface area contributed by atoms with Crippen molar-refractivity contribution in [2.75, 3.05) is 0 Å². The molecule has 0 aromatic heterocycles. The summed E-state index contributed by atoms with van der Waals surface area (Å²) in [5.41, 5.74) is 10.7. The Kier molecular flexibility index (Phi) is 9.55. The summed E-state index contributed by atoms with van der Waals surface area (Å²) in [4.78, 5) is 46.8. The fourth-order valence-electron chi connectivity index (χ4n) is 3.84. The number of amides is 3. The Balaban J connectivity index is 1.48. The van der Waals surface area contributed by atoms with Crippen LogP contribution in [0.5, 0.6) is 0 Å². The maximum atomic E-state index is 12.3. The van der Waals surface area contributed by atoms with Gasteiger partial charge < -0.3 is 21.5 Å². The normalized spacial score (nSPS) is 12.2. The van der Waals surface area contributed by atoms with E-state index in [4.69, 9.17) is 10.8 Å². The van der Waals surface area contributed by atoms with Gasteiger partial charge in [-0.05, 0) is 47.6 Å². The number of hydrogen-bond donors (Lipinski definition) is 4. The highest BCUT2D eigenvalue weighted by molar-refractivity contribution is 5.91. The Labute approximate surface area is 215 Å². The van der Waals surface area contributed by atoms with Gasteiger partial charge in [-0.2, -0.15) is 0 Å². The van der Waals surface area contributed by atoms with Crippen LogP contribution in [0.4, 0.5) is 0 Å². The van der Waals surface area contributed by atoms with E-state index in [0.29, 0.717) is 6.42 Å². The van der Waals surface area contributed by atoms with Gasteiger partial charge in [-0.3, -0.25) is 19.2 Å². The van der Waals surface area contributed by atoms with E-state index in [1.807, 2.05) is 42.5 Å². The highest BCUT2D eigenvalue weighted by atomic mass is 16.4. The first kappa shape index (κ1) is 27.1. The number of benzene rings is 3. The lowest BCUT2D eigenvalue weighted by Gasteiger charge is -2.19. The zero-order valence-corrected chi connectivity index (χ0v) is 20.6. The van der Waals surface area contributed by atoms with Gasteiger partial charge in [-0.25, -0.2) is 0 Å². The number of aryl methyl sites for hydroxylation is 1. The third-order valence-corrected chi connectivity index (χ3v) is 6.00. The lowest BCUT2D eigenvalue weighted by Crippen LogP contribution is -2.52. The maximum Gasteiger partial charge on any atom is 0.303 e. The summed E-state index contributed by atoms with van der Waals surface area (Å²) in [5.74, 6) is -2.85. The molecule has 2 unspecified atom stereocenters. The van der Waals surface area contributed by atoms with E-state index >= 15 is 0 Å². The van der Waals surface area contributed by atoms with Crippen LogP contribution < -0.4 is 16.4 Å². The van der Waals surface area contributed by atoms with Gasteiger partial charge in [0.1, 0.15) is 12.1 Å². The molecular weight excluding hydrogens is 470 g/mol. The van der Waals surface area contributed by atoms with Gasteiger partial charge >= 0.3 is 5.97 Å². The predicted molar refractivity (Wildman–Crippen MR) is 141 cm³/mol. The summed E-state index contributed by atoms with van der Waals surface area (Å²) in [7, 11) is 0. The molecule has 0 saturated heterocycles. The number of hydrogen-bond acceptors (Lipinski definition) is 4. The predicted octanol–water partition coefficient (Wildman–Crippen LogP) is 3.29. The molecule has 3 aromatic carbocycles. The molecule has 0 bridgehead atoms. The van der Waals surface area contributed by atoms with Crippen molar-refractivity contribution in [1.82, 2.24) is 10.6 Å². The first-order chi connectivity index (χ1) is 17.7. The molecule has 0 spiro atoms. The summed E-state index contributed by atoms with van der Waals surface area (Å²) < 4.78 is 0. The topological polar surface area (TPSA) is 139 Å². The second-order valence-electron chi connectivity index (χ2n) is 8.83. The molecule has 0 heterocycles. The maximum absolute atomic E-state index is 12.3. The zero-order valence-electron chi connectivity index (χ0n) is 20.6. The van der Waals surface area contributed by atoms with Crippen LogP contribution in [0.25, 0.3) is 22.3 Å². The molecule has 192 valence electrons. The van der Waals surface area contributed by atoms with Crippen LogP contribution >= 0.6 is 0 Å². The minimum absolute atomic E-state index is 0.121. The van der Waals surface area contributed by atoms with Gasteiger partial charge in [0.25, 0.3) is 0 Å². The van der Waals surface area contributed by atoms with Crippen molar-refractivity contribution >= 4 is 23.7 Å². The van der Waals surface area contributed by atoms with Gasteiger partial charge in [-0.15, -0.1) is 0 Å². The lowest BCUT2D eigenvalue weighted by molar-refractivity contribution is -0.137. The van der Waals surface area contributed by atoms with Crippen LogP contribution in [0.15, 0.2) is 78.9 Å². The van der Waals surface area contributed by atoms with E-state index in [-0.39, 0.29) is 25.2 Å². The molecule has 3 rings (SSSR count). The van der Waals surface area contributed by atoms with Gasteiger partial charge in [0.05, 0.1) is 0 Å². The van der Waals surface area contributed by atoms with Crippen molar-refractivity contribution in [3.05, 3.63) is 84.4 Å². The van der Waals surface area contributed by atoms with Gasteiger partial charge in [0.2, 0.25) is 17.7 Å². The molecule has 3 amide bonds. The monoisotopic (exact) mass is 501 g/mol. The molecule has 0 aliphatic carbocycles. The average molecular weight is 502 g/mol. The number of nitrogens with two attached hydrogens (primary N) is 1. The molecular formula is C29H31N3O5. The van der Waals surface area contributed by atoms with Crippen LogP contribution in [0.3, 0.4) is 0 Å². The van der Waals surface area contributed by atoms with E-state index in [2.05, 4.69) is 47.0 Å². The van der Waals surface area contributed by atoms with E-state index in [0.717, 1.165) is 22.3 Å². The Morgan fingerprint density at radius 3 is 1.78 bits per heavy atom. The van der Waals surface area contributed by atoms with Crippen molar-refractivity contribution in [2.24, 2.45) is 5.73 Å². The molecule has 37 heavy (non-hydrogen) atoms. The second-order valence-corrected chi connectivity index (χ2v) is 8.83. The first-order valence-corrected chi connectivity index (χ1v) is 12.1. The van der Waals surface area contributed by atoms with Crippen molar-refractivity contribution in [1.29, 1.82) is 0 Å². The number of rotatable bonds is 12. The Bertz CT molecular complexity index is 1220. The molecule has 0 fully saturated rings. The van der Waals surface area contributed by atoms with E-state index < -0.39 is 29.9 Å². The molecule has 0 radical (unpaired) electrons. The third kappa shape index (κ3) is 8.31. The number of carbonyl (C=O) groups is 4. The summed E-state index contributed by atoms with van der Waals surface area (Å²) in [5, 5.41) is 13.7. The Morgan fingerprint density at radius 1 is 0.757 bits per heavy atom. The van der Waals surface area contributed by atoms with Gasteiger partial charge in [0, 0.05) is 12.8 Å². The molecule has 3 aromatic rings. The minimum Gasteiger partial charge on any atom is -0.481 e. The fraction of sp³-hybridized carbons (Fsp3) is 0.241. The Morgan fingerprint density at radius 2 is 1.27 bits per heavy atom. The lowest BCUT2D eigenvalue weighted by atomic mass is 9.99. The third-order valence-electron chi connectivity index (χ3n) is 6.00. The fourth-order valence-corrected chi connectivity index (χ4v) is 3.84. The molecule has 0 aliphatic rings. The van der Waals surface area contributed by atoms with Gasteiger partial charge in [0.15, 0.2) is 0 Å². The number of carbonyl (C=O) groups excluding carboxylic acids is 3. The summed E-state index contributed by atoms with van der Waals surface area (Å²) >= 11 is 0. The SMILES string of the molecule is CC(NC(=O)CCc1ccc(-c2ccc(-c3ccccc3)cc2)cc1)C(=O)NC(CCC(=O)O)C(N)=O. The molecule has 2 atom stereocenters.